The number of halogens is 1. The number of rotatable bonds is 5. The fourth-order valence-electron chi connectivity index (χ4n) is 3.45. The average Bonchev–Trinajstić information content (AvgIpc) is 3.16. The van der Waals surface area contributed by atoms with Crippen LogP contribution in [0.4, 0.5) is 0 Å². The highest BCUT2D eigenvalue weighted by Crippen LogP contribution is 2.24. The van der Waals surface area contributed by atoms with Crippen molar-refractivity contribution in [3.05, 3.63) is 29.8 Å². The fraction of sp³-hybridized carbons (Fsp3) is 0.579. The Kier molecular flexibility index (Phi) is 8.25. The van der Waals surface area contributed by atoms with E-state index in [-0.39, 0.29) is 30.3 Å². The highest BCUT2D eigenvalue weighted by Gasteiger charge is 2.24. The summed E-state index contributed by atoms with van der Waals surface area (Å²) in [6.45, 7) is 5.78. The molecule has 1 aromatic rings. The molecular formula is C19H28ClN3O2S. The second-order valence-electron chi connectivity index (χ2n) is 6.92. The second-order valence-corrected chi connectivity index (χ2v) is 7.94. The minimum absolute atomic E-state index is 0. The van der Waals surface area contributed by atoms with E-state index >= 15 is 0 Å². The predicted molar refractivity (Wildman–Crippen MR) is 108 cm³/mol. The van der Waals surface area contributed by atoms with E-state index in [1.807, 2.05) is 29.2 Å². The van der Waals surface area contributed by atoms with Crippen LogP contribution >= 0.6 is 24.2 Å². The van der Waals surface area contributed by atoms with Crippen molar-refractivity contribution in [2.45, 2.75) is 37.1 Å². The van der Waals surface area contributed by atoms with Crippen molar-refractivity contribution in [3.63, 3.8) is 0 Å². The number of hydrogen-bond acceptors (Lipinski definition) is 4. The van der Waals surface area contributed by atoms with Gasteiger partial charge in [0.15, 0.2) is 0 Å². The van der Waals surface area contributed by atoms with Crippen molar-refractivity contribution in [2.75, 3.05) is 31.9 Å². The molecule has 0 bridgehead atoms. The topological polar surface area (TPSA) is 61.4 Å². The van der Waals surface area contributed by atoms with Crippen molar-refractivity contribution >= 4 is 36.0 Å². The van der Waals surface area contributed by atoms with E-state index in [0.29, 0.717) is 17.2 Å². The molecule has 0 saturated carbocycles. The lowest BCUT2D eigenvalue weighted by Gasteiger charge is -2.30. The van der Waals surface area contributed by atoms with Crippen LogP contribution < -0.4 is 10.6 Å². The molecule has 2 unspecified atom stereocenters. The molecule has 0 aromatic heterocycles. The summed E-state index contributed by atoms with van der Waals surface area (Å²) in [5, 5.41) is 6.53. The molecule has 0 spiro atoms. The van der Waals surface area contributed by atoms with E-state index < -0.39 is 0 Å². The maximum absolute atomic E-state index is 12.7. The number of hydrogen-bond donors (Lipinski definition) is 2. The largest absolute Gasteiger partial charge is 0.349 e. The van der Waals surface area contributed by atoms with Crippen molar-refractivity contribution < 1.29 is 9.59 Å². The van der Waals surface area contributed by atoms with Crippen LogP contribution in [-0.2, 0) is 4.79 Å². The van der Waals surface area contributed by atoms with Crippen molar-refractivity contribution in [1.29, 1.82) is 0 Å². The van der Waals surface area contributed by atoms with Crippen molar-refractivity contribution in [1.82, 2.24) is 15.5 Å². The normalized spacial score (nSPS) is 22.6. The lowest BCUT2D eigenvalue weighted by Crippen LogP contribution is -2.48. The number of carbonyl (C=O) groups excluding carboxylic acids is 2. The third kappa shape index (κ3) is 5.38. The molecule has 2 amide bonds. The van der Waals surface area contributed by atoms with E-state index in [1.54, 1.807) is 0 Å². The fourth-order valence-corrected chi connectivity index (χ4v) is 4.40. The number of carbonyl (C=O) groups is 2. The van der Waals surface area contributed by atoms with Crippen LogP contribution in [0.1, 0.15) is 36.5 Å². The first-order chi connectivity index (χ1) is 12.1. The standard InChI is InChI=1S/C19H27N3O2S.ClH/c1-14-12-20-9-8-16(14)21-19(24)15-6-2-3-7-17(15)25-13-18(23)22-10-4-5-11-22;/h2-3,6-7,14,16,20H,4-5,8-13H2,1H3,(H,21,24);1H. The molecule has 5 nitrogen and oxygen atoms in total. The molecule has 3 rings (SSSR count). The Labute approximate surface area is 166 Å². The Bertz CT molecular complexity index is 623. The summed E-state index contributed by atoms with van der Waals surface area (Å²) in [5.74, 6) is 0.961. The van der Waals surface area contributed by atoms with Gasteiger partial charge in [0.05, 0.1) is 11.3 Å². The van der Waals surface area contributed by atoms with E-state index in [2.05, 4.69) is 17.6 Å². The zero-order valence-corrected chi connectivity index (χ0v) is 16.8. The summed E-state index contributed by atoms with van der Waals surface area (Å²) in [6.07, 6.45) is 3.16. The Morgan fingerprint density at radius 1 is 1.27 bits per heavy atom. The molecule has 2 fully saturated rings. The summed E-state index contributed by atoms with van der Waals surface area (Å²) in [4.78, 5) is 27.8. The third-order valence-corrected chi connectivity index (χ3v) is 6.10. The molecule has 7 heteroatoms. The number of nitrogens with zero attached hydrogens (tertiary/aromatic N) is 1. The van der Waals surface area contributed by atoms with Gasteiger partial charge < -0.3 is 15.5 Å². The van der Waals surface area contributed by atoms with Crippen LogP contribution in [0.2, 0.25) is 0 Å². The molecule has 26 heavy (non-hydrogen) atoms. The smallest absolute Gasteiger partial charge is 0.252 e. The van der Waals surface area contributed by atoms with E-state index in [9.17, 15) is 9.59 Å². The summed E-state index contributed by atoms with van der Waals surface area (Å²) in [6, 6.07) is 7.80. The Morgan fingerprint density at radius 3 is 2.73 bits per heavy atom. The molecule has 144 valence electrons. The molecule has 2 saturated heterocycles. The van der Waals surface area contributed by atoms with Crippen LogP contribution in [-0.4, -0.2) is 54.7 Å². The van der Waals surface area contributed by atoms with Gasteiger partial charge in [0.1, 0.15) is 0 Å². The van der Waals surface area contributed by atoms with Gasteiger partial charge in [-0.1, -0.05) is 19.1 Å². The lowest BCUT2D eigenvalue weighted by atomic mass is 9.95. The van der Waals surface area contributed by atoms with Crippen molar-refractivity contribution in [2.24, 2.45) is 5.92 Å². The van der Waals surface area contributed by atoms with Crippen LogP contribution in [0, 0.1) is 5.92 Å². The first kappa shape index (κ1) is 21.1. The second kappa shape index (κ2) is 10.2. The van der Waals surface area contributed by atoms with Gasteiger partial charge in [0, 0.05) is 24.0 Å². The van der Waals surface area contributed by atoms with Gasteiger partial charge in [0.25, 0.3) is 5.91 Å². The molecule has 0 radical (unpaired) electrons. The van der Waals surface area contributed by atoms with Gasteiger partial charge >= 0.3 is 0 Å². The first-order valence-electron chi connectivity index (χ1n) is 9.16. The van der Waals surface area contributed by atoms with Gasteiger partial charge in [0.2, 0.25) is 5.91 Å². The lowest BCUT2D eigenvalue weighted by molar-refractivity contribution is -0.127. The maximum atomic E-state index is 12.7. The molecular weight excluding hydrogens is 370 g/mol. The quantitative estimate of drug-likeness (QED) is 0.749. The minimum Gasteiger partial charge on any atom is -0.349 e. The first-order valence-corrected chi connectivity index (χ1v) is 10.1. The van der Waals surface area contributed by atoms with Gasteiger partial charge in [-0.3, -0.25) is 9.59 Å². The molecule has 1 aromatic carbocycles. The van der Waals surface area contributed by atoms with Crippen LogP contribution in [0.15, 0.2) is 29.2 Å². The highest BCUT2D eigenvalue weighted by molar-refractivity contribution is 8.00. The van der Waals surface area contributed by atoms with Gasteiger partial charge in [-0.2, -0.15) is 0 Å². The molecule has 0 aliphatic carbocycles. The summed E-state index contributed by atoms with van der Waals surface area (Å²) in [7, 11) is 0. The Balaban J connectivity index is 0.00000243. The maximum Gasteiger partial charge on any atom is 0.252 e. The molecule has 2 atom stereocenters. The number of piperidine rings is 1. The average molecular weight is 398 g/mol. The Hall–Kier alpha value is -1.24. The van der Waals surface area contributed by atoms with Gasteiger partial charge in [-0.15, -0.1) is 24.2 Å². The number of likely N-dealkylation sites (tertiary alicyclic amines) is 1. The van der Waals surface area contributed by atoms with Gasteiger partial charge in [-0.25, -0.2) is 0 Å². The van der Waals surface area contributed by atoms with Crippen LogP contribution in [0.3, 0.4) is 0 Å². The number of benzene rings is 1. The number of nitrogens with one attached hydrogen (secondary N) is 2. The summed E-state index contributed by atoms with van der Waals surface area (Å²) in [5.41, 5.74) is 0.674. The summed E-state index contributed by atoms with van der Waals surface area (Å²) >= 11 is 1.47. The Morgan fingerprint density at radius 2 is 2.00 bits per heavy atom. The van der Waals surface area contributed by atoms with Crippen LogP contribution in [0.5, 0.6) is 0 Å². The number of thioether (sulfide) groups is 1. The van der Waals surface area contributed by atoms with E-state index in [1.165, 1.54) is 11.8 Å². The number of amides is 2. The van der Waals surface area contributed by atoms with Crippen LogP contribution in [0.25, 0.3) is 0 Å². The molecule has 2 heterocycles. The van der Waals surface area contributed by atoms with Gasteiger partial charge in [-0.05, 0) is 50.4 Å². The predicted octanol–water partition coefficient (Wildman–Crippen LogP) is 2.55. The summed E-state index contributed by atoms with van der Waals surface area (Å²) < 4.78 is 0. The highest BCUT2D eigenvalue weighted by atomic mass is 35.5. The minimum atomic E-state index is -0.0320. The molecule has 2 aliphatic heterocycles. The van der Waals surface area contributed by atoms with E-state index in [4.69, 9.17) is 0 Å². The zero-order chi connectivity index (χ0) is 17.6. The monoisotopic (exact) mass is 397 g/mol. The van der Waals surface area contributed by atoms with Crippen molar-refractivity contribution in [3.8, 4) is 0 Å². The third-order valence-electron chi connectivity index (χ3n) is 5.04. The van der Waals surface area contributed by atoms with E-state index in [0.717, 1.165) is 50.3 Å². The zero-order valence-electron chi connectivity index (χ0n) is 15.2. The molecule has 2 N–H and O–H groups in total. The SMILES string of the molecule is CC1CNCCC1NC(=O)c1ccccc1SCC(=O)N1CCCC1.Cl. The molecule has 2 aliphatic rings.